The molecule has 0 amide bonds. The Bertz CT molecular complexity index is 930. The summed E-state index contributed by atoms with van der Waals surface area (Å²) >= 11 is 0. The van der Waals surface area contributed by atoms with E-state index in [4.69, 9.17) is 14.4 Å². The summed E-state index contributed by atoms with van der Waals surface area (Å²) in [5.74, 6) is 1.62. The molecule has 2 heterocycles. The molecule has 0 aliphatic rings. The first-order valence-electron chi connectivity index (χ1n) is 6.94. The van der Waals surface area contributed by atoms with E-state index in [1.54, 1.807) is 7.11 Å². The SMILES string of the molecule is COc1ccc(Cc2noc(Cn3cc(S(N)(=O)=O)cn3)n2)cc1. The number of rotatable bonds is 6. The maximum atomic E-state index is 11.2. The molecule has 126 valence electrons. The van der Waals surface area contributed by atoms with Gasteiger partial charge < -0.3 is 9.26 Å². The normalized spacial score (nSPS) is 11.6. The van der Waals surface area contributed by atoms with Gasteiger partial charge in [0.05, 0.1) is 13.3 Å². The second-order valence-electron chi connectivity index (χ2n) is 5.05. The van der Waals surface area contributed by atoms with E-state index in [2.05, 4.69) is 15.2 Å². The standard InChI is InChI=1S/C14H15N5O4S/c1-22-11-4-2-10(3-5-11)6-13-17-14(23-18-13)9-19-8-12(7-16-19)24(15,20)21/h2-5,7-8H,6,9H2,1H3,(H2,15,20,21). The summed E-state index contributed by atoms with van der Waals surface area (Å²) in [7, 11) is -2.17. The minimum Gasteiger partial charge on any atom is -0.497 e. The van der Waals surface area contributed by atoms with Gasteiger partial charge in [-0.2, -0.15) is 10.1 Å². The number of nitrogens with two attached hydrogens (primary N) is 1. The summed E-state index contributed by atoms with van der Waals surface area (Å²) in [5, 5.41) is 12.8. The first kappa shape index (κ1) is 16.1. The molecule has 24 heavy (non-hydrogen) atoms. The molecule has 0 aliphatic carbocycles. The molecule has 0 spiro atoms. The molecule has 3 aromatic rings. The van der Waals surface area contributed by atoms with Crippen LogP contribution in [0.2, 0.25) is 0 Å². The van der Waals surface area contributed by atoms with Crippen LogP contribution in [0.5, 0.6) is 5.75 Å². The smallest absolute Gasteiger partial charge is 0.248 e. The van der Waals surface area contributed by atoms with Crippen molar-refractivity contribution in [3.8, 4) is 5.75 Å². The number of nitrogens with zero attached hydrogens (tertiary/aromatic N) is 4. The largest absolute Gasteiger partial charge is 0.497 e. The van der Waals surface area contributed by atoms with Gasteiger partial charge in [-0.05, 0) is 17.7 Å². The number of aromatic nitrogens is 4. The van der Waals surface area contributed by atoms with E-state index in [0.29, 0.717) is 18.1 Å². The van der Waals surface area contributed by atoms with Crippen molar-refractivity contribution in [3.63, 3.8) is 0 Å². The zero-order valence-electron chi connectivity index (χ0n) is 12.8. The van der Waals surface area contributed by atoms with Gasteiger partial charge in [0.15, 0.2) is 5.82 Å². The van der Waals surface area contributed by atoms with E-state index in [1.165, 1.54) is 17.1 Å². The van der Waals surface area contributed by atoms with Gasteiger partial charge in [-0.1, -0.05) is 17.3 Å². The van der Waals surface area contributed by atoms with Gasteiger partial charge in [0, 0.05) is 12.6 Å². The number of methoxy groups -OCH3 is 1. The number of primary sulfonamides is 1. The van der Waals surface area contributed by atoms with Crippen LogP contribution < -0.4 is 9.88 Å². The fourth-order valence-corrected chi connectivity index (χ4v) is 2.53. The summed E-state index contributed by atoms with van der Waals surface area (Å²) in [6.45, 7) is 0.158. The van der Waals surface area contributed by atoms with Crippen LogP contribution in [0.3, 0.4) is 0 Å². The third-order valence-corrected chi connectivity index (χ3v) is 4.13. The quantitative estimate of drug-likeness (QED) is 0.689. The maximum absolute atomic E-state index is 11.2. The minimum absolute atomic E-state index is 0.0690. The Hall–Kier alpha value is -2.72. The van der Waals surface area contributed by atoms with Gasteiger partial charge in [-0.25, -0.2) is 13.6 Å². The summed E-state index contributed by atoms with van der Waals surface area (Å²) in [4.78, 5) is 4.20. The topological polar surface area (TPSA) is 126 Å². The van der Waals surface area contributed by atoms with Gasteiger partial charge in [-0.15, -0.1) is 0 Å². The van der Waals surface area contributed by atoms with Gasteiger partial charge in [0.2, 0.25) is 15.9 Å². The second-order valence-corrected chi connectivity index (χ2v) is 6.61. The van der Waals surface area contributed by atoms with E-state index < -0.39 is 10.0 Å². The van der Waals surface area contributed by atoms with Crippen molar-refractivity contribution >= 4 is 10.0 Å². The first-order chi connectivity index (χ1) is 11.4. The lowest BCUT2D eigenvalue weighted by molar-refractivity contribution is 0.361. The first-order valence-corrected chi connectivity index (χ1v) is 8.48. The minimum atomic E-state index is -3.78. The molecule has 0 atom stereocenters. The predicted molar refractivity (Wildman–Crippen MR) is 82.8 cm³/mol. The van der Waals surface area contributed by atoms with E-state index in [9.17, 15) is 8.42 Å². The van der Waals surface area contributed by atoms with Crippen molar-refractivity contribution in [1.82, 2.24) is 19.9 Å². The second kappa shape index (κ2) is 6.42. The zero-order chi connectivity index (χ0) is 17.2. The van der Waals surface area contributed by atoms with E-state index >= 15 is 0 Å². The van der Waals surface area contributed by atoms with Gasteiger partial charge >= 0.3 is 0 Å². The molecule has 0 aliphatic heterocycles. The Kier molecular flexibility index (Phi) is 4.32. The number of sulfonamides is 1. The van der Waals surface area contributed by atoms with Crippen molar-refractivity contribution < 1.29 is 17.7 Å². The number of hydrogen-bond acceptors (Lipinski definition) is 7. The molecule has 0 saturated heterocycles. The van der Waals surface area contributed by atoms with Crippen molar-refractivity contribution in [1.29, 1.82) is 0 Å². The Morgan fingerprint density at radius 3 is 2.67 bits per heavy atom. The summed E-state index contributed by atoms with van der Waals surface area (Å²) < 4.78 is 34.1. The average molecular weight is 349 g/mol. The summed E-state index contributed by atoms with van der Waals surface area (Å²) in [6, 6.07) is 7.55. The average Bonchev–Trinajstić information content (AvgIpc) is 3.18. The van der Waals surface area contributed by atoms with Crippen molar-refractivity contribution in [2.24, 2.45) is 5.14 Å². The molecule has 10 heteroatoms. The highest BCUT2D eigenvalue weighted by atomic mass is 32.2. The molecule has 2 aromatic heterocycles. The number of ether oxygens (including phenoxy) is 1. The van der Waals surface area contributed by atoms with Gasteiger partial charge in [-0.3, -0.25) is 4.68 Å². The third-order valence-electron chi connectivity index (χ3n) is 3.27. The Morgan fingerprint density at radius 2 is 2.04 bits per heavy atom. The van der Waals surface area contributed by atoms with Crippen LogP contribution in [0, 0.1) is 0 Å². The summed E-state index contributed by atoms with van der Waals surface area (Å²) in [5.41, 5.74) is 1.01. The van der Waals surface area contributed by atoms with E-state index in [1.807, 2.05) is 24.3 Å². The van der Waals surface area contributed by atoms with E-state index in [0.717, 1.165) is 11.3 Å². The third kappa shape index (κ3) is 3.78. The molecule has 2 N–H and O–H groups in total. The highest BCUT2D eigenvalue weighted by Crippen LogP contribution is 2.14. The zero-order valence-corrected chi connectivity index (χ0v) is 13.6. The summed E-state index contributed by atoms with van der Waals surface area (Å²) in [6.07, 6.45) is 2.99. The highest BCUT2D eigenvalue weighted by Gasteiger charge is 2.13. The lowest BCUT2D eigenvalue weighted by Gasteiger charge is -2.00. The Balaban J connectivity index is 1.67. The van der Waals surface area contributed by atoms with Crippen molar-refractivity contribution in [3.05, 3.63) is 53.9 Å². The molecule has 0 unspecified atom stereocenters. The van der Waals surface area contributed by atoms with Crippen LogP contribution in [0.25, 0.3) is 0 Å². The molecule has 1 aromatic carbocycles. The molecular formula is C14H15N5O4S. The highest BCUT2D eigenvalue weighted by molar-refractivity contribution is 7.89. The van der Waals surface area contributed by atoms with Gasteiger partial charge in [0.1, 0.15) is 17.2 Å². The van der Waals surface area contributed by atoms with Crippen LogP contribution in [0.1, 0.15) is 17.3 Å². The predicted octanol–water partition coefficient (Wildman–Crippen LogP) is 0.561. The van der Waals surface area contributed by atoms with Crippen LogP contribution in [0.4, 0.5) is 0 Å². The Morgan fingerprint density at radius 1 is 1.29 bits per heavy atom. The van der Waals surface area contributed by atoms with Crippen LogP contribution >= 0.6 is 0 Å². The van der Waals surface area contributed by atoms with Crippen molar-refractivity contribution in [2.45, 2.75) is 17.9 Å². The Labute approximate surface area is 138 Å². The fraction of sp³-hybridized carbons (Fsp3) is 0.214. The lowest BCUT2D eigenvalue weighted by atomic mass is 10.1. The maximum Gasteiger partial charge on any atom is 0.248 e. The van der Waals surface area contributed by atoms with Gasteiger partial charge in [0.25, 0.3) is 0 Å². The fourth-order valence-electron chi connectivity index (χ4n) is 2.07. The molecule has 0 bridgehead atoms. The van der Waals surface area contributed by atoms with E-state index in [-0.39, 0.29) is 11.4 Å². The molecular weight excluding hydrogens is 334 g/mol. The van der Waals surface area contributed by atoms with Crippen LogP contribution in [-0.4, -0.2) is 35.4 Å². The molecule has 0 fully saturated rings. The monoisotopic (exact) mass is 349 g/mol. The molecule has 9 nitrogen and oxygen atoms in total. The van der Waals surface area contributed by atoms with Crippen LogP contribution in [0.15, 0.2) is 46.1 Å². The molecule has 0 radical (unpaired) electrons. The molecule has 3 rings (SSSR count). The molecule has 0 saturated carbocycles. The van der Waals surface area contributed by atoms with Crippen molar-refractivity contribution in [2.75, 3.05) is 7.11 Å². The van der Waals surface area contributed by atoms with Crippen LogP contribution in [-0.2, 0) is 23.0 Å². The lowest BCUT2D eigenvalue weighted by Crippen LogP contribution is -2.11. The number of hydrogen-bond donors (Lipinski definition) is 1. The number of benzene rings is 1.